The van der Waals surface area contributed by atoms with E-state index in [0.29, 0.717) is 41.0 Å². The predicted octanol–water partition coefficient (Wildman–Crippen LogP) is 0.313. The molecule has 0 bridgehead atoms. The van der Waals surface area contributed by atoms with E-state index in [1.165, 1.54) is 0 Å². The molecule has 3 rings (SSSR count). The topological polar surface area (TPSA) is 124 Å². The molecule has 4 atom stereocenters. The summed E-state index contributed by atoms with van der Waals surface area (Å²) >= 11 is 11.8. The number of β-amino-alcohol motifs (C(OH)–C–C–N with tert-alkyl or cyclic N) is 1. The van der Waals surface area contributed by atoms with Gasteiger partial charge >= 0.3 is 0 Å². The van der Waals surface area contributed by atoms with Crippen LogP contribution in [0.5, 0.6) is 5.75 Å². The zero-order chi connectivity index (χ0) is 21.0. The van der Waals surface area contributed by atoms with Gasteiger partial charge in [-0.05, 0) is 18.6 Å². The number of aliphatic hydroxyl groups is 4. The van der Waals surface area contributed by atoms with Gasteiger partial charge < -0.3 is 25.2 Å². The van der Waals surface area contributed by atoms with Gasteiger partial charge in [-0.25, -0.2) is 0 Å². The standard InChI is InChI=1S/C18H24Cl2N4O5/c19-13-3-2-12(6-14(13)20)29-10-11-7-24(22-21-11)5-1-4-23-8-16(26)18(28)17(27)15(23)9-25/h2-3,6-7,15-18,25-28H,1,4-5,8-10H2/t15-,16+,17-,18-/m1/s1. The maximum absolute atomic E-state index is 10.0. The fourth-order valence-electron chi connectivity index (χ4n) is 3.31. The van der Waals surface area contributed by atoms with Crippen LogP contribution in [0.1, 0.15) is 12.1 Å². The van der Waals surface area contributed by atoms with Crippen molar-refractivity contribution in [2.75, 3.05) is 19.7 Å². The normalized spacial score (nSPS) is 25.3. The molecule has 29 heavy (non-hydrogen) atoms. The fraction of sp³-hybridized carbons (Fsp3) is 0.556. The van der Waals surface area contributed by atoms with Crippen molar-refractivity contribution in [1.82, 2.24) is 19.9 Å². The molecule has 0 radical (unpaired) electrons. The smallest absolute Gasteiger partial charge is 0.134 e. The molecular weight excluding hydrogens is 423 g/mol. The summed E-state index contributed by atoms with van der Waals surface area (Å²) in [6, 6.07) is 4.39. The molecule has 1 aromatic heterocycles. The minimum atomic E-state index is -1.25. The Kier molecular flexibility index (Phi) is 7.69. The second-order valence-electron chi connectivity index (χ2n) is 6.98. The van der Waals surface area contributed by atoms with E-state index in [-0.39, 0.29) is 19.8 Å². The third kappa shape index (κ3) is 5.58. The molecule has 160 valence electrons. The Morgan fingerprint density at radius 3 is 2.62 bits per heavy atom. The van der Waals surface area contributed by atoms with Gasteiger partial charge in [-0.15, -0.1) is 5.10 Å². The average Bonchev–Trinajstić information content (AvgIpc) is 3.15. The van der Waals surface area contributed by atoms with E-state index in [9.17, 15) is 20.4 Å². The lowest BCUT2D eigenvalue weighted by molar-refractivity contribution is -0.145. The van der Waals surface area contributed by atoms with Gasteiger partial charge in [0.15, 0.2) is 0 Å². The van der Waals surface area contributed by atoms with Gasteiger partial charge in [-0.3, -0.25) is 9.58 Å². The highest BCUT2D eigenvalue weighted by Gasteiger charge is 2.40. The first-order chi connectivity index (χ1) is 13.9. The Balaban J connectivity index is 1.47. The van der Waals surface area contributed by atoms with E-state index in [0.717, 1.165) is 0 Å². The first kappa shape index (κ1) is 22.2. The molecule has 9 nitrogen and oxygen atoms in total. The Labute approximate surface area is 178 Å². The van der Waals surface area contributed by atoms with Gasteiger partial charge in [0.1, 0.15) is 30.3 Å². The molecular formula is C18H24Cl2N4O5. The van der Waals surface area contributed by atoms with E-state index in [2.05, 4.69) is 10.3 Å². The van der Waals surface area contributed by atoms with Crippen molar-refractivity contribution in [3.05, 3.63) is 40.1 Å². The summed E-state index contributed by atoms with van der Waals surface area (Å²) in [5.41, 5.74) is 0.649. The molecule has 2 aromatic rings. The number of aryl methyl sites for hydroxylation is 1. The molecule has 2 heterocycles. The summed E-state index contributed by atoms with van der Waals surface area (Å²) in [6.07, 6.45) is -1.07. The SMILES string of the molecule is OC[C@@H]1[C@@H](O)[C@H](O)[C@@H](O)CN1CCCn1cc(COc2ccc(Cl)c(Cl)c2)nn1. The summed E-state index contributed by atoms with van der Waals surface area (Å²) in [5, 5.41) is 48.1. The average molecular weight is 447 g/mol. The summed E-state index contributed by atoms with van der Waals surface area (Å²) in [6.45, 7) is 1.19. The maximum atomic E-state index is 10.0. The number of piperidine rings is 1. The Bertz CT molecular complexity index is 808. The van der Waals surface area contributed by atoms with Crippen molar-refractivity contribution >= 4 is 23.2 Å². The Hall–Kier alpha value is -1.46. The molecule has 1 aromatic carbocycles. The van der Waals surface area contributed by atoms with Gasteiger partial charge in [0.25, 0.3) is 0 Å². The minimum Gasteiger partial charge on any atom is -0.487 e. The molecule has 0 aliphatic carbocycles. The van der Waals surface area contributed by atoms with Crippen LogP contribution < -0.4 is 4.74 Å². The van der Waals surface area contributed by atoms with Crippen molar-refractivity contribution < 1.29 is 25.2 Å². The number of ether oxygens (including phenoxy) is 1. The number of aromatic nitrogens is 3. The molecule has 0 saturated carbocycles. The number of hydrogen-bond donors (Lipinski definition) is 4. The highest BCUT2D eigenvalue weighted by atomic mass is 35.5. The highest BCUT2D eigenvalue weighted by molar-refractivity contribution is 6.42. The summed E-state index contributed by atoms with van der Waals surface area (Å²) in [5.74, 6) is 0.577. The molecule has 11 heteroatoms. The monoisotopic (exact) mass is 446 g/mol. The zero-order valence-corrected chi connectivity index (χ0v) is 17.1. The van der Waals surface area contributed by atoms with Crippen molar-refractivity contribution in [2.45, 2.75) is 43.9 Å². The molecule has 0 spiro atoms. The fourth-order valence-corrected chi connectivity index (χ4v) is 3.60. The van der Waals surface area contributed by atoms with E-state index in [4.69, 9.17) is 27.9 Å². The predicted molar refractivity (Wildman–Crippen MR) is 106 cm³/mol. The molecule has 1 saturated heterocycles. The summed E-state index contributed by atoms with van der Waals surface area (Å²) in [7, 11) is 0. The number of hydrogen-bond acceptors (Lipinski definition) is 8. The second-order valence-corrected chi connectivity index (χ2v) is 7.80. The molecule has 0 unspecified atom stereocenters. The maximum Gasteiger partial charge on any atom is 0.134 e. The van der Waals surface area contributed by atoms with Crippen LogP contribution >= 0.6 is 23.2 Å². The second kappa shape index (κ2) is 10.0. The van der Waals surface area contributed by atoms with E-state index < -0.39 is 24.4 Å². The van der Waals surface area contributed by atoms with E-state index in [1.54, 1.807) is 34.0 Å². The first-order valence-corrected chi connectivity index (χ1v) is 10.0. The molecule has 1 aliphatic rings. The van der Waals surface area contributed by atoms with E-state index in [1.807, 2.05) is 0 Å². The van der Waals surface area contributed by atoms with Crippen LogP contribution in [0.4, 0.5) is 0 Å². The quantitative estimate of drug-likeness (QED) is 0.456. The third-order valence-electron chi connectivity index (χ3n) is 4.91. The van der Waals surface area contributed by atoms with Crippen LogP contribution in [-0.4, -0.2) is 84.4 Å². The van der Waals surface area contributed by atoms with Gasteiger partial charge in [0.2, 0.25) is 0 Å². The van der Waals surface area contributed by atoms with Crippen LogP contribution in [0.3, 0.4) is 0 Å². The van der Waals surface area contributed by atoms with Crippen LogP contribution in [0, 0.1) is 0 Å². The lowest BCUT2D eigenvalue weighted by atomic mass is 9.94. The number of likely N-dealkylation sites (tertiary alicyclic amines) is 1. The van der Waals surface area contributed by atoms with E-state index >= 15 is 0 Å². The van der Waals surface area contributed by atoms with Crippen LogP contribution in [0.25, 0.3) is 0 Å². The van der Waals surface area contributed by atoms with Crippen molar-refractivity contribution in [1.29, 1.82) is 0 Å². The van der Waals surface area contributed by atoms with Gasteiger partial charge in [0.05, 0.1) is 35.0 Å². The van der Waals surface area contributed by atoms with Crippen LogP contribution in [-0.2, 0) is 13.2 Å². The van der Waals surface area contributed by atoms with Crippen molar-refractivity contribution in [3.8, 4) is 5.75 Å². The number of nitrogens with zero attached hydrogens (tertiary/aromatic N) is 4. The highest BCUT2D eigenvalue weighted by Crippen LogP contribution is 2.26. The Morgan fingerprint density at radius 1 is 1.10 bits per heavy atom. The number of halogens is 2. The third-order valence-corrected chi connectivity index (χ3v) is 5.65. The van der Waals surface area contributed by atoms with Gasteiger partial charge in [-0.1, -0.05) is 28.4 Å². The largest absolute Gasteiger partial charge is 0.487 e. The first-order valence-electron chi connectivity index (χ1n) is 9.25. The molecule has 4 N–H and O–H groups in total. The lowest BCUT2D eigenvalue weighted by Gasteiger charge is -2.43. The number of benzene rings is 1. The lowest BCUT2D eigenvalue weighted by Crippen LogP contribution is -2.62. The minimum absolute atomic E-state index is 0.184. The number of aliphatic hydroxyl groups excluding tert-OH is 4. The van der Waals surface area contributed by atoms with Crippen molar-refractivity contribution in [3.63, 3.8) is 0 Å². The molecule has 0 amide bonds. The summed E-state index contributed by atoms with van der Waals surface area (Å²) in [4.78, 5) is 1.77. The van der Waals surface area contributed by atoms with Gasteiger partial charge in [0, 0.05) is 25.7 Å². The number of rotatable bonds is 8. The van der Waals surface area contributed by atoms with Gasteiger partial charge in [-0.2, -0.15) is 0 Å². The van der Waals surface area contributed by atoms with Crippen LogP contribution in [0.2, 0.25) is 10.0 Å². The summed E-state index contributed by atoms with van der Waals surface area (Å²) < 4.78 is 7.30. The molecule has 1 fully saturated rings. The van der Waals surface area contributed by atoms with Crippen molar-refractivity contribution in [2.24, 2.45) is 0 Å². The van der Waals surface area contributed by atoms with Crippen LogP contribution in [0.15, 0.2) is 24.4 Å². The zero-order valence-electron chi connectivity index (χ0n) is 15.6. The Morgan fingerprint density at radius 2 is 1.90 bits per heavy atom. The molecule has 1 aliphatic heterocycles.